The highest BCUT2D eigenvalue weighted by atomic mass is 16.1. The van der Waals surface area contributed by atoms with Crippen molar-refractivity contribution in [2.75, 3.05) is 13.1 Å². The lowest BCUT2D eigenvalue weighted by Gasteiger charge is -2.28. The van der Waals surface area contributed by atoms with Gasteiger partial charge >= 0.3 is 0 Å². The summed E-state index contributed by atoms with van der Waals surface area (Å²) in [7, 11) is 0. The third-order valence-electron chi connectivity index (χ3n) is 4.63. The largest absolute Gasteiger partial charge is 0.355 e. The van der Waals surface area contributed by atoms with Gasteiger partial charge in [0.2, 0.25) is 5.91 Å². The predicted octanol–water partition coefficient (Wildman–Crippen LogP) is 2.33. The molecule has 0 bridgehead atoms. The van der Waals surface area contributed by atoms with Crippen molar-refractivity contribution in [3.63, 3.8) is 0 Å². The zero-order valence-electron chi connectivity index (χ0n) is 14.5. The van der Waals surface area contributed by atoms with Gasteiger partial charge in [-0.05, 0) is 17.7 Å². The van der Waals surface area contributed by atoms with Crippen LogP contribution in [0.25, 0.3) is 5.69 Å². The number of para-hydroxylation sites is 1. The Morgan fingerprint density at radius 1 is 1.04 bits per heavy atom. The average molecular weight is 347 g/mol. The summed E-state index contributed by atoms with van der Waals surface area (Å²) in [5, 5.41) is 7.58. The Bertz CT molecular complexity index is 862. The highest BCUT2D eigenvalue weighted by Crippen LogP contribution is 2.26. The van der Waals surface area contributed by atoms with Crippen LogP contribution in [-0.4, -0.2) is 38.7 Å². The molecule has 1 aliphatic heterocycles. The van der Waals surface area contributed by atoms with Crippen LogP contribution in [0.3, 0.4) is 0 Å². The van der Waals surface area contributed by atoms with E-state index in [1.165, 1.54) is 0 Å². The molecule has 0 spiro atoms. The second-order valence-electron chi connectivity index (χ2n) is 6.39. The van der Waals surface area contributed by atoms with E-state index in [-0.39, 0.29) is 11.9 Å². The Balaban J connectivity index is 1.57. The van der Waals surface area contributed by atoms with Crippen LogP contribution in [0.1, 0.15) is 23.9 Å². The fourth-order valence-electron chi connectivity index (χ4n) is 3.32. The topological polar surface area (TPSA) is 63.1 Å². The Morgan fingerprint density at radius 2 is 1.77 bits per heavy atom. The SMILES string of the molecule is O=C1C[C@H](c2ccccc2)N(Cc2ncn(-c3ccccc3)n2)CCN1. The van der Waals surface area contributed by atoms with Crippen molar-refractivity contribution in [1.29, 1.82) is 0 Å². The molecule has 1 atom stereocenters. The van der Waals surface area contributed by atoms with Crippen LogP contribution in [0.4, 0.5) is 0 Å². The standard InChI is InChI=1S/C20H21N5O/c26-20-13-18(16-7-3-1-4-8-16)24(12-11-21-20)14-19-22-15-25(23-19)17-9-5-2-6-10-17/h1-10,15,18H,11-14H2,(H,21,26)/t18-/m1/s1. The van der Waals surface area contributed by atoms with Crippen LogP contribution in [0.2, 0.25) is 0 Å². The van der Waals surface area contributed by atoms with Gasteiger partial charge in [0.05, 0.1) is 12.2 Å². The summed E-state index contributed by atoms with van der Waals surface area (Å²) in [6.07, 6.45) is 2.19. The monoisotopic (exact) mass is 347 g/mol. The molecule has 3 aromatic rings. The summed E-state index contributed by atoms with van der Waals surface area (Å²) in [4.78, 5) is 18.8. The van der Waals surface area contributed by atoms with Crippen molar-refractivity contribution in [2.45, 2.75) is 19.0 Å². The first-order valence-corrected chi connectivity index (χ1v) is 8.81. The van der Waals surface area contributed by atoms with E-state index < -0.39 is 0 Å². The molecule has 6 heteroatoms. The number of nitrogens with one attached hydrogen (secondary N) is 1. The van der Waals surface area contributed by atoms with Gasteiger partial charge in [0.15, 0.2) is 5.82 Å². The minimum atomic E-state index is 0.0300. The number of hydrogen-bond acceptors (Lipinski definition) is 4. The lowest BCUT2D eigenvalue weighted by Crippen LogP contribution is -2.31. The number of carbonyl (C=O) groups is 1. The fourth-order valence-corrected chi connectivity index (χ4v) is 3.32. The second kappa shape index (κ2) is 7.49. The van der Waals surface area contributed by atoms with Gasteiger partial charge in [-0.1, -0.05) is 48.5 Å². The molecule has 1 amide bonds. The molecule has 1 saturated heterocycles. The van der Waals surface area contributed by atoms with Gasteiger partial charge in [0.1, 0.15) is 6.33 Å². The Labute approximate surface area is 152 Å². The fraction of sp³-hybridized carbons (Fsp3) is 0.250. The van der Waals surface area contributed by atoms with Gasteiger partial charge < -0.3 is 5.32 Å². The van der Waals surface area contributed by atoms with E-state index in [1.54, 1.807) is 11.0 Å². The van der Waals surface area contributed by atoms with E-state index in [2.05, 4.69) is 32.4 Å². The number of amides is 1. The first-order valence-electron chi connectivity index (χ1n) is 8.81. The van der Waals surface area contributed by atoms with Crippen LogP contribution in [0.15, 0.2) is 67.0 Å². The van der Waals surface area contributed by atoms with E-state index in [4.69, 9.17) is 0 Å². The van der Waals surface area contributed by atoms with E-state index >= 15 is 0 Å². The van der Waals surface area contributed by atoms with Gasteiger partial charge in [-0.2, -0.15) is 0 Å². The molecule has 1 aliphatic rings. The predicted molar refractivity (Wildman–Crippen MR) is 98.6 cm³/mol. The number of nitrogens with zero attached hydrogens (tertiary/aromatic N) is 4. The smallest absolute Gasteiger partial charge is 0.221 e. The summed E-state index contributed by atoms with van der Waals surface area (Å²) in [5.41, 5.74) is 2.13. The second-order valence-corrected chi connectivity index (χ2v) is 6.39. The van der Waals surface area contributed by atoms with Crippen molar-refractivity contribution in [3.8, 4) is 5.69 Å². The minimum Gasteiger partial charge on any atom is -0.355 e. The number of rotatable bonds is 4. The molecule has 1 N–H and O–H groups in total. The highest BCUT2D eigenvalue weighted by molar-refractivity contribution is 5.77. The van der Waals surface area contributed by atoms with Crippen molar-refractivity contribution < 1.29 is 4.79 Å². The van der Waals surface area contributed by atoms with Gasteiger partial charge in [-0.3, -0.25) is 9.69 Å². The van der Waals surface area contributed by atoms with Crippen LogP contribution in [0, 0.1) is 0 Å². The molecule has 132 valence electrons. The van der Waals surface area contributed by atoms with Gasteiger partial charge in [-0.15, -0.1) is 5.10 Å². The summed E-state index contributed by atoms with van der Waals surface area (Å²) in [5.74, 6) is 0.841. The molecule has 0 aliphatic carbocycles. The summed E-state index contributed by atoms with van der Waals surface area (Å²) < 4.78 is 1.79. The van der Waals surface area contributed by atoms with Crippen molar-refractivity contribution in [2.24, 2.45) is 0 Å². The molecule has 2 aromatic carbocycles. The molecule has 6 nitrogen and oxygen atoms in total. The van der Waals surface area contributed by atoms with Gasteiger partial charge in [0.25, 0.3) is 0 Å². The lowest BCUT2D eigenvalue weighted by atomic mass is 10.0. The molecule has 1 fully saturated rings. The maximum Gasteiger partial charge on any atom is 0.221 e. The molecule has 0 unspecified atom stereocenters. The molecule has 0 radical (unpaired) electrons. The van der Waals surface area contributed by atoms with Crippen LogP contribution in [-0.2, 0) is 11.3 Å². The highest BCUT2D eigenvalue weighted by Gasteiger charge is 2.27. The van der Waals surface area contributed by atoms with E-state index in [0.717, 1.165) is 23.6 Å². The summed E-state index contributed by atoms with van der Waals surface area (Å²) >= 11 is 0. The van der Waals surface area contributed by atoms with Gasteiger partial charge in [-0.25, -0.2) is 9.67 Å². The van der Waals surface area contributed by atoms with E-state index in [9.17, 15) is 4.79 Å². The molecule has 4 rings (SSSR count). The van der Waals surface area contributed by atoms with Crippen molar-refractivity contribution in [3.05, 3.63) is 78.4 Å². The lowest BCUT2D eigenvalue weighted by molar-refractivity contribution is -0.121. The van der Waals surface area contributed by atoms with E-state index in [0.29, 0.717) is 19.5 Å². The minimum absolute atomic E-state index is 0.0300. The molecular formula is C20H21N5O. The zero-order chi connectivity index (χ0) is 17.8. The van der Waals surface area contributed by atoms with Gasteiger partial charge in [0, 0.05) is 25.6 Å². The third-order valence-corrected chi connectivity index (χ3v) is 4.63. The van der Waals surface area contributed by atoms with Crippen LogP contribution in [0.5, 0.6) is 0 Å². The maximum absolute atomic E-state index is 12.1. The zero-order valence-corrected chi connectivity index (χ0v) is 14.5. The van der Waals surface area contributed by atoms with Crippen LogP contribution >= 0.6 is 0 Å². The number of benzene rings is 2. The number of hydrogen-bond donors (Lipinski definition) is 1. The van der Waals surface area contributed by atoms with Crippen molar-refractivity contribution >= 4 is 5.91 Å². The molecule has 26 heavy (non-hydrogen) atoms. The Hall–Kier alpha value is -2.99. The third kappa shape index (κ3) is 3.65. The molecule has 1 aromatic heterocycles. The average Bonchev–Trinajstić information content (AvgIpc) is 3.07. The first kappa shape index (κ1) is 16.5. The molecule has 2 heterocycles. The number of carbonyl (C=O) groups excluding carboxylic acids is 1. The maximum atomic E-state index is 12.1. The van der Waals surface area contributed by atoms with E-state index in [1.807, 2.05) is 48.5 Å². The van der Waals surface area contributed by atoms with Crippen LogP contribution < -0.4 is 5.32 Å². The molecule has 0 saturated carbocycles. The number of aromatic nitrogens is 3. The molecular weight excluding hydrogens is 326 g/mol. The quantitative estimate of drug-likeness (QED) is 0.787. The summed E-state index contributed by atoms with van der Waals surface area (Å²) in [6, 6.07) is 20.1. The normalized spacial score (nSPS) is 18.3. The Kier molecular flexibility index (Phi) is 4.75. The summed E-state index contributed by atoms with van der Waals surface area (Å²) in [6.45, 7) is 2.01. The Morgan fingerprint density at radius 3 is 2.54 bits per heavy atom. The van der Waals surface area contributed by atoms with Crippen molar-refractivity contribution in [1.82, 2.24) is 25.0 Å². The first-order chi connectivity index (χ1) is 12.8.